The molecule has 3 rings (SSSR count). The van der Waals surface area contributed by atoms with Gasteiger partial charge in [0.15, 0.2) is 0 Å². The zero-order valence-corrected chi connectivity index (χ0v) is 14.5. The molecule has 4 N–H and O–H groups in total. The maximum atomic E-state index is 13.0. The molecule has 0 saturated carbocycles. The Morgan fingerprint density at radius 2 is 1.80 bits per heavy atom. The van der Waals surface area contributed by atoms with Crippen molar-refractivity contribution >= 4 is 15.9 Å². The van der Waals surface area contributed by atoms with Crippen LogP contribution in [0.4, 0.5) is 0 Å². The van der Waals surface area contributed by atoms with Gasteiger partial charge in [-0.05, 0) is 36.2 Å². The fourth-order valence-electron chi connectivity index (χ4n) is 3.30. The molecule has 0 bridgehead atoms. The number of nitrogens with zero attached hydrogens (tertiary/aromatic N) is 1. The normalized spacial score (nSPS) is 21.3. The summed E-state index contributed by atoms with van der Waals surface area (Å²) in [5.74, 6) is -0.544. The lowest BCUT2D eigenvalue weighted by Gasteiger charge is -2.17. The molecule has 1 aliphatic heterocycles. The maximum absolute atomic E-state index is 13.0. The van der Waals surface area contributed by atoms with E-state index in [1.807, 2.05) is 30.3 Å². The molecule has 132 valence electrons. The molecule has 0 unspecified atom stereocenters. The zero-order chi connectivity index (χ0) is 18.0. The molecule has 2 aromatic rings. The number of carbonyl (C=O) groups is 1. The van der Waals surface area contributed by atoms with Crippen molar-refractivity contribution in [2.24, 2.45) is 17.4 Å². The van der Waals surface area contributed by atoms with Crippen LogP contribution in [0.5, 0.6) is 0 Å². The van der Waals surface area contributed by atoms with E-state index in [9.17, 15) is 13.2 Å². The van der Waals surface area contributed by atoms with Crippen molar-refractivity contribution in [2.75, 3.05) is 19.6 Å². The van der Waals surface area contributed by atoms with Crippen LogP contribution in [0.2, 0.25) is 0 Å². The first-order valence-corrected chi connectivity index (χ1v) is 9.52. The van der Waals surface area contributed by atoms with Crippen molar-refractivity contribution in [3.63, 3.8) is 0 Å². The lowest BCUT2D eigenvalue weighted by Crippen LogP contribution is -2.30. The van der Waals surface area contributed by atoms with Gasteiger partial charge in [-0.2, -0.15) is 4.31 Å². The van der Waals surface area contributed by atoms with Gasteiger partial charge in [0.1, 0.15) is 0 Å². The van der Waals surface area contributed by atoms with E-state index < -0.39 is 15.9 Å². The van der Waals surface area contributed by atoms with Crippen LogP contribution in [0.25, 0.3) is 0 Å². The zero-order valence-electron chi connectivity index (χ0n) is 13.7. The quantitative estimate of drug-likeness (QED) is 0.835. The number of rotatable bonds is 5. The summed E-state index contributed by atoms with van der Waals surface area (Å²) in [5, 5.41) is 0. The topological polar surface area (TPSA) is 106 Å². The van der Waals surface area contributed by atoms with Crippen LogP contribution >= 0.6 is 0 Å². The fourth-order valence-corrected chi connectivity index (χ4v) is 4.87. The lowest BCUT2D eigenvalue weighted by molar-refractivity contribution is 0.1000. The van der Waals surface area contributed by atoms with Gasteiger partial charge in [-0.3, -0.25) is 4.79 Å². The minimum Gasteiger partial charge on any atom is -0.366 e. The number of amides is 1. The van der Waals surface area contributed by atoms with Crippen LogP contribution in [-0.4, -0.2) is 38.3 Å². The van der Waals surface area contributed by atoms with Gasteiger partial charge in [0.25, 0.3) is 0 Å². The average molecular weight is 359 g/mol. The SMILES string of the molecule is NC[C@@H]1CN(S(=O)(=O)c2cccc(C(N)=O)c2)C[C@H]1c1ccccc1. The van der Waals surface area contributed by atoms with Gasteiger partial charge in [-0.25, -0.2) is 8.42 Å². The molecular formula is C18H21N3O3S. The highest BCUT2D eigenvalue weighted by Crippen LogP contribution is 2.35. The predicted molar refractivity (Wildman–Crippen MR) is 95.4 cm³/mol. The Bertz CT molecular complexity index is 868. The molecule has 0 aromatic heterocycles. The van der Waals surface area contributed by atoms with E-state index in [-0.39, 0.29) is 22.3 Å². The first-order valence-electron chi connectivity index (χ1n) is 8.08. The predicted octanol–water partition coefficient (Wildman–Crippen LogP) is 1.15. The monoisotopic (exact) mass is 359 g/mol. The van der Waals surface area contributed by atoms with E-state index in [1.165, 1.54) is 28.6 Å². The Hall–Kier alpha value is -2.22. The van der Waals surface area contributed by atoms with Crippen molar-refractivity contribution in [3.05, 3.63) is 65.7 Å². The van der Waals surface area contributed by atoms with E-state index in [2.05, 4.69) is 0 Å². The van der Waals surface area contributed by atoms with E-state index in [4.69, 9.17) is 11.5 Å². The first kappa shape index (κ1) is 17.6. The van der Waals surface area contributed by atoms with Crippen molar-refractivity contribution in [1.82, 2.24) is 4.31 Å². The molecule has 0 radical (unpaired) electrons. The van der Waals surface area contributed by atoms with Gasteiger partial charge in [-0.1, -0.05) is 36.4 Å². The molecule has 0 spiro atoms. The molecule has 0 aliphatic carbocycles. The Labute approximate surface area is 147 Å². The van der Waals surface area contributed by atoms with Gasteiger partial charge in [0.05, 0.1) is 4.90 Å². The summed E-state index contributed by atoms with van der Waals surface area (Å²) >= 11 is 0. The largest absolute Gasteiger partial charge is 0.366 e. The third kappa shape index (κ3) is 3.44. The summed E-state index contributed by atoms with van der Waals surface area (Å²) in [5.41, 5.74) is 12.4. The second kappa shape index (κ2) is 6.95. The standard InChI is InChI=1S/C18H21N3O3S/c19-10-15-11-21(12-17(15)13-5-2-1-3-6-13)25(23,24)16-8-4-7-14(9-16)18(20)22/h1-9,15,17H,10-12,19H2,(H2,20,22)/t15-,17+/m1/s1. The highest BCUT2D eigenvalue weighted by molar-refractivity contribution is 7.89. The van der Waals surface area contributed by atoms with Crippen molar-refractivity contribution in [3.8, 4) is 0 Å². The van der Waals surface area contributed by atoms with Crippen LogP contribution in [-0.2, 0) is 10.0 Å². The highest BCUT2D eigenvalue weighted by atomic mass is 32.2. The highest BCUT2D eigenvalue weighted by Gasteiger charge is 2.39. The number of carbonyl (C=O) groups excluding carboxylic acids is 1. The summed E-state index contributed by atoms with van der Waals surface area (Å²) in [7, 11) is -3.71. The molecule has 1 heterocycles. The van der Waals surface area contributed by atoms with Crippen LogP contribution in [0.3, 0.4) is 0 Å². The van der Waals surface area contributed by atoms with E-state index in [1.54, 1.807) is 0 Å². The molecule has 2 aromatic carbocycles. The molecule has 6 nitrogen and oxygen atoms in total. The van der Waals surface area contributed by atoms with Crippen LogP contribution in [0, 0.1) is 5.92 Å². The number of primary amides is 1. The Morgan fingerprint density at radius 3 is 2.44 bits per heavy atom. The number of benzene rings is 2. The molecule has 2 atom stereocenters. The Kier molecular flexibility index (Phi) is 4.89. The molecular weight excluding hydrogens is 338 g/mol. The minimum atomic E-state index is -3.71. The molecule has 1 amide bonds. The third-order valence-electron chi connectivity index (χ3n) is 4.69. The van der Waals surface area contributed by atoms with Gasteiger partial charge in [0, 0.05) is 24.6 Å². The van der Waals surface area contributed by atoms with Gasteiger partial charge in [-0.15, -0.1) is 0 Å². The Balaban J connectivity index is 1.91. The summed E-state index contributed by atoms with van der Waals surface area (Å²) < 4.78 is 27.4. The van der Waals surface area contributed by atoms with Crippen LogP contribution < -0.4 is 11.5 Å². The summed E-state index contributed by atoms with van der Waals surface area (Å²) in [4.78, 5) is 11.4. The van der Waals surface area contributed by atoms with Crippen LogP contribution in [0.1, 0.15) is 21.8 Å². The first-order chi connectivity index (χ1) is 11.9. The van der Waals surface area contributed by atoms with Gasteiger partial charge >= 0.3 is 0 Å². The molecule has 25 heavy (non-hydrogen) atoms. The van der Waals surface area contributed by atoms with E-state index >= 15 is 0 Å². The van der Waals surface area contributed by atoms with Crippen molar-refractivity contribution in [1.29, 1.82) is 0 Å². The van der Waals surface area contributed by atoms with Crippen molar-refractivity contribution in [2.45, 2.75) is 10.8 Å². The smallest absolute Gasteiger partial charge is 0.248 e. The van der Waals surface area contributed by atoms with Crippen LogP contribution in [0.15, 0.2) is 59.5 Å². The molecule has 7 heteroatoms. The Morgan fingerprint density at radius 1 is 1.08 bits per heavy atom. The number of hydrogen-bond donors (Lipinski definition) is 2. The summed E-state index contributed by atoms with van der Waals surface area (Å²) in [6.45, 7) is 1.14. The maximum Gasteiger partial charge on any atom is 0.248 e. The summed E-state index contributed by atoms with van der Waals surface area (Å²) in [6, 6.07) is 15.6. The number of nitrogens with two attached hydrogens (primary N) is 2. The molecule has 1 fully saturated rings. The number of sulfonamides is 1. The second-order valence-electron chi connectivity index (χ2n) is 6.23. The third-order valence-corrected chi connectivity index (χ3v) is 6.52. The van der Waals surface area contributed by atoms with E-state index in [0.717, 1.165) is 5.56 Å². The van der Waals surface area contributed by atoms with E-state index in [0.29, 0.717) is 19.6 Å². The minimum absolute atomic E-state index is 0.0523. The molecule has 1 saturated heterocycles. The van der Waals surface area contributed by atoms with Gasteiger partial charge in [0.2, 0.25) is 15.9 Å². The second-order valence-corrected chi connectivity index (χ2v) is 8.16. The summed E-state index contributed by atoms with van der Waals surface area (Å²) in [6.07, 6.45) is 0. The molecule has 1 aliphatic rings. The number of hydrogen-bond acceptors (Lipinski definition) is 4. The van der Waals surface area contributed by atoms with Crippen molar-refractivity contribution < 1.29 is 13.2 Å². The lowest BCUT2D eigenvalue weighted by atomic mass is 9.89. The fraction of sp³-hybridized carbons (Fsp3) is 0.278. The average Bonchev–Trinajstić information content (AvgIpc) is 3.08. The van der Waals surface area contributed by atoms with Gasteiger partial charge < -0.3 is 11.5 Å².